The SMILES string of the molecule is Cc1ccc(CCC(=O)N(Cc2ccc(Cl)cc2Cl)[C@H](C)C(=O)NC(C)(C)C)cc1. The second-order valence-electron chi connectivity index (χ2n) is 8.66. The van der Waals surface area contributed by atoms with E-state index in [0.717, 1.165) is 11.1 Å². The lowest BCUT2D eigenvalue weighted by Gasteiger charge is -2.31. The Morgan fingerprint density at radius 2 is 1.70 bits per heavy atom. The first-order chi connectivity index (χ1) is 14.0. The molecule has 2 rings (SSSR count). The minimum Gasteiger partial charge on any atom is -0.350 e. The lowest BCUT2D eigenvalue weighted by molar-refractivity contribution is -0.141. The van der Waals surface area contributed by atoms with Crippen LogP contribution < -0.4 is 5.32 Å². The van der Waals surface area contributed by atoms with Crippen molar-refractivity contribution in [3.05, 3.63) is 69.2 Å². The third-order valence-electron chi connectivity index (χ3n) is 4.77. The van der Waals surface area contributed by atoms with Gasteiger partial charge in [0.25, 0.3) is 0 Å². The van der Waals surface area contributed by atoms with Crippen LogP contribution in [0, 0.1) is 6.92 Å². The summed E-state index contributed by atoms with van der Waals surface area (Å²) in [5, 5.41) is 3.96. The normalized spacial score (nSPS) is 12.4. The van der Waals surface area contributed by atoms with Crippen molar-refractivity contribution >= 4 is 35.0 Å². The van der Waals surface area contributed by atoms with Gasteiger partial charge in [0, 0.05) is 28.5 Å². The molecule has 162 valence electrons. The van der Waals surface area contributed by atoms with Crippen molar-refractivity contribution in [3.8, 4) is 0 Å². The molecule has 0 radical (unpaired) electrons. The molecule has 6 heteroatoms. The van der Waals surface area contributed by atoms with Gasteiger partial charge in [0.2, 0.25) is 11.8 Å². The second kappa shape index (κ2) is 10.3. The van der Waals surface area contributed by atoms with E-state index in [2.05, 4.69) is 5.32 Å². The smallest absolute Gasteiger partial charge is 0.242 e. The van der Waals surface area contributed by atoms with Gasteiger partial charge < -0.3 is 10.2 Å². The number of aryl methyl sites for hydroxylation is 2. The van der Waals surface area contributed by atoms with E-state index in [1.807, 2.05) is 52.0 Å². The maximum absolute atomic E-state index is 13.2. The second-order valence-corrected chi connectivity index (χ2v) is 9.50. The topological polar surface area (TPSA) is 49.4 Å². The van der Waals surface area contributed by atoms with Crippen LogP contribution in [0.2, 0.25) is 10.0 Å². The van der Waals surface area contributed by atoms with Crippen LogP contribution in [0.4, 0.5) is 0 Å². The number of hydrogen-bond acceptors (Lipinski definition) is 2. The zero-order valence-electron chi connectivity index (χ0n) is 18.3. The monoisotopic (exact) mass is 448 g/mol. The van der Waals surface area contributed by atoms with E-state index in [1.54, 1.807) is 30.0 Å². The summed E-state index contributed by atoms with van der Waals surface area (Å²) in [4.78, 5) is 27.5. The molecule has 4 nitrogen and oxygen atoms in total. The highest BCUT2D eigenvalue weighted by Gasteiger charge is 2.28. The molecular formula is C24H30Cl2N2O2. The van der Waals surface area contributed by atoms with E-state index >= 15 is 0 Å². The molecule has 1 atom stereocenters. The molecule has 0 bridgehead atoms. The summed E-state index contributed by atoms with van der Waals surface area (Å²) in [6.07, 6.45) is 0.916. The minimum atomic E-state index is -0.638. The molecule has 1 N–H and O–H groups in total. The average Bonchev–Trinajstić information content (AvgIpc) is 2.65. The fourth-order valence-corrected chi connectivity index (χ4v) is 3.51. The van der Waals surface area contributed by atoms with Gasteiger partial charge in [0.15, 0.2) is 0 Å². The largest absolute Gasteiger partial charge is 0.350 e. The zero-order valence-corrected chi connectivity index (χ0v) is 19.8. The van der Waals surface area contributed by atoms with Crippen LogP contribution in [0.15, 0.2) is 42.5 Å². The highest BCUT2D eigenvalue weighted by Crippen LogP contribution is 2.24. The van der Waals surface area contributed by atoms with Crippen molar-refractivity contribution < 1.29 is 9.59 Å². The number of benzene rings is 2. The predicted molar refractivity (Wildman–Crippen MR) is 124 cm³/mol. The maximum atomic E-state index is 13.2. The van der Waals surface area contributed by atoms with Gasteiger partial charge in [-0.15, -0.1) is 0 Å². The van der Waals surface area contributed by atoms with Crippen molar-refractivity contribution in [2.75, 3.05) is 0 Å². The lowest BCUT2D eigenvalue weighted by Crippen LogP contribution is -2.52. The molecule has 0 saturated carbocycles. The van der Waals surface area contributed by atoms with E-state index in [-0.39, 0.29) is 23.9 Å². The van der Waals surface area contributed by atoms with E-state index in [0.29, 0.717) is 22.9 Å². The number of nitrogens with one attached hydrogen (secondary N) is 1. The molecule has 2 amide bonds. The Balaban J connectivity index is 2.21. The molecule has 2 aromatic rings. The Morgan fingerprint density at radius 3 is 2.27 bits per heavy atom. The Bertz CT molecular complexity index is 889. The van der Waals surface area contributed by atoms with Gasteiger partial charge in [-0.1, -0.05) is 59.1 Å². The van der Waals surface area contributed by atoms with Crippen molar-refractivity contribution in [2.24, 2.45) is 0 Å². The van der Waals surface area contributed by atoms with Crippen LogP contribution in [0.25, 0.3) is 0 Å². The molecule has 0 spiro atoms. The molecule has 0 fully saturated rings. The molecule has 0 aliphatic carbocycles. The van der Waals surface area contributed by atoms with Crippen LogP contribution in [0.3, 0.4) is 0 Å². The quantitative estimate of drug-likeness (QED) is 0.601. The van der Waals surface area contributed by atoms with Crippen molar-refractivity contribution in [1.82, 2.24) is 10.2 Å². The fourth-order valence-electron chi connectivity index (χ4n) is 3.04. The predicted octanol–water partition coefficient (Wildman–Crippen LogP) is 5.57. The zero-order chi connectivity index (χ0) is 22.5. The summed E-state index contributed by atoms with van der Waals surface area (Å²) >= 11 is 12.3. The third-order valence-corrected chi connectivity index (χ3v) is 5.36. The van der Waals surface area contributed by atoms with Gasteiger partial charge in [0.1, 0.15) is 6.04 Å². The van der Waals surface area contributed by atoms with Crippen molar-refractivity contribution in [3.63, 3.8) is 0 Å². The number of carbonyl (C=O) groups excluding carboxylic acids is 2. The number of hydrogen-bond donors (Lipinski definition) is 1. The number of nitrogens with zero attached hydrogens (tertiary/aromatic N) is 1. The van der Waals surface area contributed by atoms with Crippen LogP contribution >= 0.6 is 23.2 Å². The van der Waals surface area contributed by atoms with E-state index in [9.17, 15) is 9.59 Å². The number of amides is 2. The fraction of sp³-hybridized carbons (Fsp3) is 0.417. The minimum absolute atomic E-state index is 0.0989. The van der Waals surface area contributed by atoms with Crippen LogP contribution in [-0.2, 0) is 22.6 Å². The molecule has 0 saturated heterocycles. The Hall–Kier alpha value is -2.04. The highest BCUT2D eigenvalue weighted by molar-refractivity contribution is 6.35. The van der Waals surface area contributed by atoms with Gasteiger partial charge in [-0.3, -0.25) is 9.59 Å². The first-order valence-corrected chi connectivity index (χ1v) is 10.8. The summed E-state index contributed by atoms with van der Waals surface area (Å²) in [6, 6.07) is 12.7. The highest BCUT2D eigenvalue weighted by atomic mass is 35.5. The van der Waals surface area contributed by atoms with Gasteiger partial charge in [-0.05, 0) is 64.3 Å². The summed E-state index contributed by atoms with van der Waals surface area (Å²) in [5.41, 5.74) is 2.63. The molecule has 0 aliphatic heterocycles. The van der Waals surface area contributed by atoms with Gasteiger partial charge in [0.05, 0.1) is 0 Å². The lowest BCUT2D eigenvalue weighted by atomic mass is 10.1. The molecule has 2 aromatic carbocycles. The van der Waals surface area contributed by atoms with Crippen LogP contribution in [0.1, 0.15) is 50.8 Å². The van der Waals surface area contributed by atoms with Crippen LogP contribution in [0.5, 0.6) is 0 Å². The summed E-state index contributed by atoms with van der Waals surface area (Å²) in [6.45, 7) is 9.75. The Labute approximate surface area is 189 Å². The van der Waals surface area contributed by atoms with E-state index in [1.165, 1.54) is 5.56 Å². The summed E-state index contributed by atoms with van der Waals surface area (Å²) in [7, 11) is 0. The Morgan fingerprint density at radius 1 is 1.07 bits per heavy atom. The molecule has 0 aromatic heterocycles. The average molecular weight is 449 g/mol. The van der Waals surface area contributed by atoms with Gasteiger partial charge in [-0.2, -0.15) is 0 Å². The molecule has 30 heavy (non-hydrogen) atoms. The standard InChI is InChI=1S/C24H30Cl2N2O2/c1-16-6-8-18(9-7-16)10-13-22(29)28(17(2)23(30)27-24(3,4)5)15-19-11-12-20(25)14-21(19)26/h6-9,11-12,14,17H,10,13,15H2,1-5H3,(H,27,30)/t17-/m1/s1. The van der Waals surface area contributed by atoms with Gasteiger partial charge in [-0.25, -0.2) is 0 Å². The third kappa shape index (κ3) is 7.33. The maximum Gasteiger partial charge on any atom is 0.242 e. The van der Waals surface area contributed by atoms with Crippen molar-refractivity contribution in [2.45, 2.75) is 65.6 Å². The number of halogens is 2. The number of rotatable bonds is 7. The first kappa shape index (κ1) is 24.2. The first-order valence-electron chi connectivity index (χ1n) is 10.1. The summed E-state index contributed by atoms with van der Waals surface area (Å²) < 4.78 is 0. The van der Waals surface area contributed by atoms with Gasteiger partial charge >= 0.3 is 0 Å². The number of carbonyl (C=O) groups is 2. The Kier molecular flexibility index (Phi) is 8.34. The van der Waals surface area contributed by atoms with E-state index in [4.69, 9.17) is 23.2 Å². The molecule has 0 heterocycles. The van der Waals surface area contributed by atoms with Crippen molar-refractivity contribution in [1.29, 1.82) is 0 Å². The molecular weight excluding hydrogens is 419 g/mol. The summed E-state index contributed by atoms with van der Waals surface area (Å²) in [5.74, 6) is -0.297. The molecule has 0 unspecified atom stereocenters. The van der Waals surface area contributed by atoms with Crippen LogP contribution in [-0.4, -0.2) is 28.3 Å². The molecule has 0 aliphatic rings. The van der Waals surface area contributed by atoms with E-state index < -0.39 is 6.04 Å².